The smallest absolute Gasteiger partial charge is 0.308 e. The Bertz CT molecular complexity index is 1530. The van der Waals surface area contributed by atoms with E-state index in [2.05, 4.69) is 44.7 Å². The van der Waals surface area contributed by atoms with Gasteiger partial charge in [-0.2, -0.15) is 18.3 Å². The average molecular weight is 583 g/mol. The van der Waals surface area contributed by atoms with Gasteiger partial charge in [-0.15, -0.1) is 0 Å². The number of alkyl halides is 3. The van der Waals surface area contributed by atoms with Crippen LogP contribution in [-0.4, -0.2) is 45.3 Å². The third-order valence-electron chi connectivity index (χ3n) is 7.39. The zero-order valence-corrected chi connectivity index (χ0v) is 24.3. The fourth-order valence-corrected chi connectivity index (χ4v) is 5.40. The summed E-state index contributed by atoms with van der Waals surface area (Å²) in [6, 6.07) is 13.5. The molecule has 2 heterocycles. The van der Waals surface area contributed by atoms with Crippen LogP contribution in [0.2, 0.25) is 0 Å². The van der Waals surface area contributed by atoms with E-state index in [1.54, 1.807) is 12.1 Å². The third-order valence-corrected chi connectivity index (χ3v) is 7.79. The maximum Gasteiger partial charge on any atom is 0.416 e. The first kappa shape index (κ1) is 29.0. The second-order valence-corrected chi connectivity index (χ2v) is 10.8. The lowest BCUT2D eigenvalue weighted by molar-refractivity contribution is -0.137. The van der Waals surface area contributed by atoms with E-state index >= 15 is 0 Å². The van der Waals surface area contributed by atoms with Gasteiger partial charge in [-0.25, -0.2) is 14.5 Å². The second-order valence-electron chi connectivity index (χ2n) is 10.3. The molecule has 7 nitrogen and oxygen atoms in total. The molecule has 1 aliphatic rings. The number of hydrogen-bond donors (Lipinski definition) is 2. The topological polar surface area (TPSA) is 75.1 Å². The number of urea groups is 1. The van der Waals surface area contributed by atoms with Gasteiger partial charge in [-0.05, 0) is 86.4 Å². The number of hydrogen-bond acceptors (Lipinski definition) is 4. The minimum Gasteiger partial charge on any atom is -0.308 e. The predicted molar refractivity (Wildman–Crippen MR) is 161 cm³/mol. The highest BCUT2D eigenvalue weighted by Crippen LogP contribution is 2.42. The number of nitrogens with one attached hydrogen (secondary N) is 2. The summed E-state index contributed by atoms with van der Waals surface area (Å²) in [6.45, 7) is 8.19. The molecule has 216 valence electrons. The summed E-state index contributed by atoms with van der Waals surface area (Å²) >= 11 is 0. The number of aromatic nitrogens is 3. The summed E-state index contributed by atoms with van der Waals surface area (Å²) in [7, 11) is 2.75. The van der Waals surface area contributed by atoms with Gasteiger partial charge < -0.3 is 15.5 Å². The highest BCUT2D eigenvalue weighted by atomic mass is 31.0. The van der Waals surface area contributed by atoms with Gasteiger partial charge in [0.25, 0.3) is 0 Å². The standard InChI is InChI=1S/C30H34F3N6OP/c1-3-38(4-2)15-6-16-39-27-26(28(41)37-39)24(18-25(36-27)20-9-10-20)19-11-13-22(14-12-19)34-29(40)35-23-8-5-7-21(17-23)30(31,32)33/h5,7-8,11-14,17-18,20H,3-4,6,9-10,15-16,41H2,1-2H3,(H2,34,35,40). The zero-order valence-electron chi connectivity index (χ0n) is 23.1. The van der Waals surface area contributed by atoms with Crippen LogP contribution in [0, 0.1) is 0 Å². The Morgan fingerprint density at radius 3 is 2.41 bits per heavy atom. The van der Waals surface area contributed by atoms with Crippen molar-refractivity contribution < 1.29 is 18.0 Å². The molecule has 41 heavy (non-hydrogen) atoms. The van der Waals surface area contributed by atoms with Gasteiger partial charge in [-0.1, -0.05) is 41.3 Å². The summed E-state index contributed by atoms with van der Waals surface area (Å²) < 4.78 is 41.0. The van der Waals surface area contributed by atoms with Crippen LogP contribution in [0.3, 0.4) is 0 Å². The number of rotatable bonds is 10. The third kappa shape index (κ3) is 6.88. The van der Waals surface area contributed by atoms with E-state index < -0.39 is 17.8 Å². The summed E-state index contributed by atoms with van der Waals surface area (Å²) in [5, 5.41) is 11.0. The van der Waals surface area contributed by atoms with Crippen molar-refractivity contribution in [3.63, 3.8) is 0 Å². The Balaban J connectivity index is 1.35. The van der Waals surface area contributed by atoms with Crippen LogP contribution in [0.25, 0.3) is 22.2 Å². The largest absolute Gasteiger partial charge is 0.416 e. The molecule has 1 fully saturated rings. The van der Waals surface area contributed by atoms with Gasteiger partial charge in [-0.3, -0.25) is 0 Å². The van der Waals surface area contributed by atoms with Crippen LogP contribution >= 0.6 is 9.24 Å². The molecule has 2 amide bonds. The Hall–Kier alpha value is -3.49. The number of nitrogens with zero attached hydrogens (tertiary/aromatic N) is 4. The number of halogens is 3. The second kappa shape index (κ2) is 12.2. The number of benzene rings is 2. The molecular formula is C30H34F3N6OP. The molecule has 11 heteroatoms. The number of amides is 2. The monoisotopic (exact) mass is 582 g/mol. The van der Waals surface area contributed by atoms with Crippen molar-refractivity contribution in [2.24, 2.45) is 0 Å². The number of aryl methyl sites for hydroxylation is 1. The van der Waals surface area contributed by atoms with Crippen molar-refractivity contribution in [2.75, 3.05) is 30.3 Å². The molecule has 5 rings (SSSR count). The number of carbonyl (C=O) groups is 1. The van der Waals surface area contributed by atoms with E-state index in [0.717, 1.165) is 90.9 Å². The molecule has 2 aromatic heterocycles. The molecule has 1 unspecified atom stereocenters. The lowest BCUT2D eigenvalue weighted by Gasteiger charge is -2.17. The summed E-state index contributed by atoms with van der Waals surface area (Å²) in [5.74, 6) is 0.464. The maximum absolute atomic E-state index is 13.0. The molecule has 0 aliphatic heterocycles. The average Bonchev–Trinajstić information content (AvgIpc) is 3.75. The molecule has 1 saturated carbocycles. The van der Waals surface area contributed by atoms with Crippen molar-refractivity contribution >= 4 is 43.1 Å². The van der Waals surface area contributed by atoms with Crippen molar-refractivity contribution in [3.8, 4) is 11.1 Å². The van der Waals surface area contributed by atoms with Crippen LogP contribution in [0.4, 0.5) is 29.3 Å². The Labute approximate surface area is 239 Å². The normalized spacial score (nSPS) is 13.6. The molecule has 4 aromatic rings. The van der Waals surface area contributed by atoms with Crippen molar-refractivity contribution in [1.29, 1.82) is 0 Å². The Morgan fingerprint density at radius 1 is 1.05 bits per heavy atom. The van der Waals surface area contributed by atoms with Gasteiger partial charge in [0.05, 0.1) is 16.4 Å². The molecule has 2 aromatic carbocycles. The fraction of sp³-hybridized carbons (Fsp3) is 0.367. The van der Waals surface area contributed by atoms with Crippen LogP contribution in [0.15, 0.2) is 54.6 Å². The number of fused-ring (bicyclic) bond motifs is 1. The molecule has 0 saturated heterocycles. The molecule has 0 bridgehead atoms. The molecule has 1 aliphatic carbocycles. The molecule has 2 N–H and O–H groups in total. The van der Waals surface area contributed by atoms with E-state index in [1.807, 2.05) is 16.8 Å². The van der Waals surface area contributed by atoms with Crippen molar-refractivity contribution in [3.05, 3.63) is 65.9 Å². The van der Waals surface area contributed by atoms with Gasteiger partial charge in [0.1, 0.15) is 0 Å². The van der Waals surface area contributed by atoms with Crippen LogP contribution in [0.1, 0.15) is 50.3 Å². The highest BCUT2D eigenvalue weighted by molar-refractivity contribution is 7.28. The summed E-state index contributed by atoms with van der Waals surface area (Å²) in [5.41, 5.74) is 4.56. The Morgan fingerprint density at radius 2 is 1.76 bits per heavy atom. The Kier molecular flexibility index (Phi) is 8.61. The number of anilines is 2. The molecule has 1 atom stereocenters. The summed E-state index contributed by atoms with van der Waals surface area (Å²) in [4.78, 5) is 19.9. The zero-order chi connectivity index (χ0) is 29.1. The van der Waals surface area contributed by atoms with Crippen LogP contribution in [-0.2, 0) is 12.7 Å². The van der Waals surface area contributed by atoms with Crippen molar-refractivity contribution in [1.82, 2.24) is 19.7 Å². The first-order valence-corrected chi connectivity index (χ1v) is 14.5. The molecule has 0 spiro atoms. The van der Waals surface area contributed by atoms with Gasteiger partial charge in [0.2, 0.25) is 0 Å². The SMILES string of the molecule is CCN(CC)CCCn1nc(P)c2c(-c3ccc(NC(=O)Nc4cccc(C(F)(F)F)c4)cc3)cc(C3CC3)nc21. The number of pyridine rings is 1. The van der Waals surface area contributed by atoms with E-state index in [1.165, 1.54) is 12.1 Å². The number of carbonyl (C=O) groups excluding carboxylic acids is 1. The fourth-order valence-electron chi connectivity index (χ4n) is 4.97. The van der Waals surface area contributed by atoms with Gasteiger partial charge >= 0.3 is 12.2 Å². The van der Waals surface area contributed by atoms with E-state index in [9.17, 15) is 18.0 Å². The van der Waals surface area contributed by atoms with E-state index in [0.29, 0.717) is 11.6 Å². The van der Waals surface area contributed by atoms with Gasteiger partial charge in [0, 0.05) is 29.5 Å². The molecule has 0 radical (unpaired) electrons. The van der Waals surface area contributed by atoms with Gasteiger partial charge in [0.15, 0.2) is 5.65 Å². The van der Waals surface area contributed by atoms with E-state index in [-0.39, 0.29) is 5.69 Å². The first-order chi connectivity index (χ1) is 19.7. The highest BCUT2D eigenvalue weighted by Gasteiger charge is 2.30. The van der Waals surface area contributed by atoms with Crippen molar-refractivity contribution in [2.45, 2.75) is 51.7 Å². The van der Waals surface area contributed by atoms with Crippen LogP contribution in [0.5, 0.6) is 0 Å². The quantitative estimate of drug-likeness (QED) is 0.200. The minimum atomic E-state index is -4.49. The molecular weight excluding hydrogens is 548 g/mol. The lowest BCUT2D eigenvalue weighted by Crippen LogP contribution is -2.25. The predicted octanol–water partition coefficient (Wildman–Crippen LogP) is 6.87. The minimum absolute atomic E-state index is 0.0582. The lowest BCUT2D eigenvalue weighted by atomic mass is 10.0. The maximum atomic E-state index is 13.0. The first-order valence-electron chi connectivity index (χ1n) is 13.9. The summed E-state index contributed by atoms with van der Waals surface area (Å²) in [6.07, 6.45) is -1.24. The van der Waals surface area contributed by atoms with Crippen LogP contribution < -0.4 is 16.1 Å². The van der Waals surface area contributed by atoms with E-state index in [4.69, 9.17) is 10.1 Å².